The SMILES string of the molecule is Cc1nc(-c2ccc(Br)cc2)c(NC(=O)OC(C)(C)C)n1C. The maximum absolute atomic E-state index is 12.0. The number of halogens is 1. The van der Waals surface area contributed by atoms with E-state index < -0.39 is 11.7 Å². The molecule has 0 unspecified atom stereocenters. The molecule has 0 saturated carbocycles. The van der Waals surface area contributed by atoms with Crippen LogP contribution in [0.3, 0.4) is 0 Å². The van der Waals surface area contributed by atoms with Crippen LogP contribution in [-0.2, 0) is 11.8 Å². The predicted octanol–water partition coefficient (Wildman–Crippen LogP) is 4.51. The van der Waals surface area contributed by atoms with Crippen LogP contribution in [0.2, 0.25) is 0 Å². The van der Waals surface area contributed by atoms with Gasteiger partial charge in [-0.3, -0.25) is 5.32 Å². The van der Waals surface area contributed by atoms with Crippen molar-refractivity contribution in [2.75, 3.05) is 5.32 Å². The Morgan fingerprint density at radius 3 is 2.41 bits per heavy atom. The number of ether oxygens (including phenoxy) is 1. The van der Waals surface area contributed by atoms with E-state index in [-0.39, 0.29) is 0 Å². The van der Waals surface area contributed by atoms with Gasteiger partial charge in [-0.2, -0.15) is 0 Å². The molecule has 5 nitrogen and oxygen atoms in total. The number of anilines is 1. The zero-order chi connectivity index (χ0) is 16.5. The molecule has 22 heavy (non-hydrogen) atoms. The summed E-state index contributed by atoms with van der Waals surface area (Å²) in [6.45, 7) is 7.38. The van der Waals surface area contributed by atoms with Crippen molar-refractivity contribution < 1.29 is 9.53 Å². The Bertz CT molecular complexity index is 685. The van der Waals surface area contributed by atoms with Crippen molar-refractivity contribution in [2.45, 2.75) is 33.3 Å². The fraction of sp³-hybridized carbons (Fsp3) is 0.375. The molecule has 1 heterocycles. The van der Waals surface area contributed by atoms with Gasteiger partial charge in [0.2, 0.25) is 0 Å². The first-order valence-corrected chi connectivity index (χ1v) is 7.76. The number of carbonyl (C=O) groups excluding carboxylic acids is 1. The smallest absolute Gasteiger partial charge is 0.413 e. The average molecular weight is 366 g/mol. The number of hydrogen-bond acceptors (Lipinski definition) is 3. The van der Waals surface area contributed by atoms with Crippen molar-refractivity contribution in [3.05, 3.63) is 34.6 Å². The number of hydrogen-bond donors (Lipinski definition) is 1. The van der Waals surface area contributed by atoms with E-state index in [2.05, 4.69) is 26.2 Å². The standard InChI is InChI=1S/C16H20BrN3O2/c1-10-18-13(11-6-8-12(17)9-7-11)14(20(10)5)19-15(21)22-16(2,3)4/h6-9H,1-5H3,(H,19,21). The van der Waals surface area contributed by atoms with E-state index in [1.165, 1.54) is 0 Å². The van der Waals surface area contributed by atoms with Crippen LogP contribution in [0.1, 0.15) is 26.6 Å². The van der Waals surface area contributed by atoms with E-state index in [1.54, 1.807) is 0 Å². The Kier molecular flexibility index (Phi) is 4.60. The molecule has 6 heteroatoms. The Morgan fingerprint density at radius 1 is 1.27 bits per heavy atom. The largest absolute Gasteiger partial charge is 0.444 e. The number of benzene rings is 1. The second-order valence-corrected chi connectivity index (χ2v) is 6.96. The summed E-state index contributed by atoms with van der Waals surface area (Å²) in [5.74, 6) is 1.43. The van der Waals surface area contributed by atoms with Gasteiger partial charge in [0.05, 0.1) is 0 Å². The van der Waals surface area contributed by atoms with E-state index >= 15 is 0 Å². The van der Waals surface area contributed by atoms with Crippen LogP contribution in [0.15, 0.2) is 28.7 Å². The van der Waals surface area contributed by atoms with Gasteiger partial charge in [0, 0.05) is 17.1 Å². The van der Waals surface area contributed by atoms with Crippen molar-refractivity contribution >= 4 is 27.8 Å². The zero-order valence-corrected chi connectivity index (χ0v) is 15.0. The highest BCUT2D eigenvalue weighted by Crippen LogP contribution is 2.29. The van der Waals surface area contributed by atoms with Gasteiger partial charge in [0.15, 0.2) is 0 Å². The quantitative estimate of drug-likeness (QED) is 0.851. The van der Waals surface area contributed by atoms with Crippen LogP contribution in [0.25, 0.3) is 11.3 Å². The first kappa shape index (κ1) is 16.5. The molecule has 0 spiro atoms. The zero-order valence-electron chi connectivity index (χ0n) is 13.4. The van der Waals surface area contributed by atoms with E-state index in [0.29, 0.717) is 5.82 Å². The minimum absolute atomic E-state index is 0.492. The number of imidazole rings is 1. The molecule has 1 aromatic heterocycles. The van der Waals surface area contributed by atoms with Crippen LogP contribution >= 0.6 is 15.9 Å². The maximum Gasteiger partial charge on any atom is 0.413 e. The minimum Gasteiger partial charge on any atom is -0.444 e. The number of rotatable bonds is 2. The molecule has 0 fully saturated rings. The Morgan fingerprint density at radius 2 is 1.86 bits per heavy atom. The molecule has 0 aliphatic rings. The molecule has 1 aromatic carbocycles. The van der Waals surface area contributed by atoms with Crippen LogP contribution < -0.4 is 5.32 Å². The highest BCUT2D eigenvalue weighted by molar-refractivity contribution is 9.10. The molecule has 1 N–H and O–H groups in total. The lowest BCUT2D eigenvalue weighted by Gasteiger charge is -2.20. The van der Waals surface area contributed by atoms with E-state index in [9.17, 15) is 4.79 Å². The topological polar surface area (TPSA) is 56.1 Å². The summed E-state index contributed by atoms with van der Waals surface area (Å²) in [6, 6.07) is 7.78. The molecular weight excluding hydrogens is 346 g/mol. The second kappa shape index (κ2) is 6.12. The van der Waals surface area contributed by atoms with E-state index in [0.717, 1.165) is 21.6 Å². The fourth-order valence-electron chi connectivity index (χ4n) is 1.96. The van der Waals surface area contributed by atoms with E-state index in [1.807, 2.05) is 63.6 Å². The van der Waals surface area contributed by atoms with Crippen molar-refractivity contribution in [1.29, 1.82) is 0 Å². The van der Waals surface area contributed by atoms with Gasteiger partial charge in [-0.25, -0.2) is 9.78 Å². The third kappa shape index (κ3) is 3.88. The number of carbonyl (C=O) groups is 1. The molecule has 0 radical (unpaired) electrons. The lowest BCUT2D eigenvalue weighted by Crippen LogP contribution is -2.28. The monoisotopic (exact) mass is 365 g/mol. The first-order chi connectivity index (χ1) is 10.2. The van der Waals surface area contributed by atoms with Crippen LogP contribution in [-0.4, -0.2) is 21.2 Å². The molecule has 0 aliphatic heterocycles. The number of amides is 1. The number of nitrogens with one attached hydrogen (secondary N) is 1. The van der Waals surface area contributed by atoms with Crippen molar-refractivity contribution in [2.24, 2.45) is 7.05 Å². The molecule has 2 rings (SSSR count). The molecule has 0 bridgehead atoms. The van der Waals surface area contributed by atoms with Gasteiger partial charge in [0.1, 0.15) is 22.9 Å². The molecular formula is C16H20BrN3O2. The second-order valence-electron chi connectivity index (χ2n) is 6.05. The summed E-state index contributed by atoms with van der Waals surface area (Å²) in [5, 5.41) is 2.80. The van der Waals surface area contributed by atoms with Gasteiger partial charge < -0.3 is 9.30 Å². The Hall–Kier alpha value is -1.82. The molecule has 2 aromatic rings. The number of aryl methyl sites for hydroxylation is 1. The normalized spacial score (nSPS) is 11.4. The summed E-state index contributed by atoms with van der Waals surface area (Å²) in [6.07, 6.45) is -0.492. The molecule has 0 saturated heterocycles. The van der Waals surface area contributed by atoms with Crippen molar-refractivity contribution in [1.82, 2.24) is 9.55 Å². The summed E-state index contributed by atoms with van der Waals surface area (Å²) in [7, 11) is 1.86. The summed E-state index contributed by atoms with van der Waals surface area (Å²) in [4.78, 5) is 16.6. The maximum atomic E-state index is 12.0. The Labute approximate surface area is 138 Å². The van der Waals surface area contributed by atoms with Gasteiger partial charge in [-0.05, 0) is 39.8 Å². The fourth-order valence-corrected chi connectivity index (χ4v) is 2.23. The van der Waals surface area contributed by atoms with Gasteiger partial charge in [0.25, 0.3) is 0 Å². The van der Waals surface area contributed by atoms with Gasteiger partial charge >= 0.3 is 6.09 Å². The van der Waals surface area contributed by atoms with Crippen LogP contribution in [0, 0.1) is 6.92 Å². The average Bonchev–Trinajstić information content (AvgIpc) is 2.66. The third-order valence-electron chi connectivity index (χ3n) is 3.06. The van der Waals surface area contributed by atoms with Gasteiger partial charge in [-0.1, -0.05) is 28.1 Å². The molecule has 118 valence electrons. The predicted molar refractivity (Wildman–Crippen MR) is 90.9 cm³/mol. The summed E-state index contributed by atoms with van der Waals surface area (Å²) < 4.78 is 8.14. The van der Waals surface area contributed by atoms with Crippen molar-refractivity contribution in [3.8, 4) is 11.3 Å². The molecule has 1 amide bonds. The highest BCUT2D eigenvalue weighted by atomic mass is 79.9. The van der Waals surface area contributed by atoms with Gasteiger partial charge in [-0.15, -0.1) is 0 Å². The lowest BCUT2D eigenvalue weighted by molar-refractivity contribution is 0.0635. The number of aromatic nitrogens is 2. The number of nitrogens with zero attached hydrogens (tertiary/aromatic N) is 2. The van der Waals surface area contributed by atoms with Crippen LogP contribution in [0.5, 0.6) is 0 Å². The highest BCUT2D eigenvalue weighted by Gasteiger charge is 2.21. The van der Waals surface area contributed by atoms with Crippen LogP contribution in [0.4, 0.5) is 10.6 Å². The first-order valence-electron chi connectivity index (χ1n) is 6.96. The van der Waals surface area contributed by atoms with E-state index in [4.69, 9.17) is 4.74 Å². The molecule has 0 atom stereocenters. The summed E-state index contributed by atoms with van der Waals surface area (Å²) >= 11 is 3.41. The molecule has 0 aliphatic carbocycles. The Balaban J connectivity index is 2.35. The minimum atomic E-state index is -0.546. The third-order valence-corrected chi connectivity index (χ3v) is 3.58. The van der Waals surface area contributed by atoms with Crippen molar-refractivity contribution in [3.63, 3.8) is 0 Å². The summed E-state index contributed by atoms with van der Waals surface area (Å²) in [5.41, 5.74) is 1.10. The lowest BCUT2D eigenvalue weighted by atomic mass is 10.1.